The first-order chi connectivity index (χ1) is 14.7. The summed E-state index contributed by atoms with van der Waals surface area (Å²) in [5.41, 5.74) is 4.50. The molecule has 0 unspecified atom stereocenters. The summed E-state index contributed by atoms with van der Waals surface area (Å²) in [7, 11) is -3.38. The molecule has 0 spiro atoms. The Morgan fingerprint density at radius 1 is 1.06 bits per heavy atom. The molecule has 4 rings (SSSR count). The van der Waals surface area contributed by atoms with Crippen molar-refractivity contribution in [3.63, 3.8) is 0 Å². The molecule has 0 radical (unpaired) electrons. The minimum absolute atomic E-state index is 0.0481. The SMILES string of the molecule is Cc1c(-c2ccccc2)nn(-c2nc(C(=O)O)cs2)c1-c1ccc(NS(C)(=O)=O)cc1. The number of nitrogens with zero attached hydrogens (tertiary/aromatic N) is 3. The Bertz CT molecular complexity index is 1360. The molecule has 4 aromatic rings. The van der Waals surface area contributed by atoms with E-state index in [1.807, 2.05) is 37.3 Å². The van der Waals surface area contributed by atoms with Crippen molar-refractivity contribution in [2.75, 3.05) is 11.0 Å². The molecule has 0 amide bonds. The lowest BCUT2D eigenvalue weighted by Gasteiger charge is -2.08. The second-order valence-corrected chi connectivity index (χ2v) is 9.46. The summed E-state index contributed by atoms with van der Waals surface area (Å²) in [4.78, 5) is 15.5. The highest BCUT2D eigenvalue weighted by atomic mass is 32.2. The molecule has 0 saturated heterocycles. The zero-order valence-electron chi connectivity index (χ0n) is 16.6. The first-order valence-corrected chi connectivity index (χ1v) is 11.9. The van der Waals surface area contributed by atoms with E-state index in [1.165, 1.54) is 16.7 Å². The van der Waals surface area contributed by atoms with Crippen LogP contribution in [0.2, 0.25) is 0 Å². The molecule has 0 aliphatic heterocycles. The first kappa shape index (κ1) is 20.8. The molecule has 0 aliphatic carbocycles. The molecule has 10 heteroatoms. The molecule has 158 valence electrons. The van der Waals surface area contributed by atoms with Crippen molar-refractivity contribution in [2.24, 2.45) is 0 Å². The summed E-state index contributed by atoms with van der Waals surface area (Å²) in [5, 5.41) is 15.9. The van der Waals surface area contributed by atoms with Crippen molar-refractivity contribution in [2.45, 2.75) is 6.92 Å². The Hall–Kier alpha value is -3.50. The number of nitrogens with one attached hydrogen (secondary N) is 1. The van der Waals surface area contributed by atoms with Crippen molar-refractivity contribution in [1.82, 2.24) is 14.8 Å². The molecular weight excluding hydrogens is 436 g/mol. The Labute approximate surface area is 182 Å². The van der Waals surface area contributed by atoms with Crippen LogP contribution in [-0.4, -0.2) is 40.5 Å². The van der Waals surface area contributed by atoms with Crippen LogP contribution in [0.15, 0.2) is 60.0 Å². The second kappa shape index (κ2) is 7.97. The summed E-state index contributed by atoms with van der Waals surface area (Å²) in [5.74, 6) is -1.10. The fourth-order valence-electron chi connectivity index (χ4n) is 3.21. The molecule has 0 aliphatic rings. The molecule has 2 heterocycles. The Morgan fingerprint density at radius 3 is 2.32 bits per heavy atom. The maximum atomic E-state index is 11.5. The number of carboxylic acid groups (broad SMARTS) is 1. The standard InChI is InChI=1S/C21H18N4O4S2/c1-13-18(14-6-4-3-5-7-14)23-25(21-22-17(12-30-21)20(26)27)19(13)15-8-10-16(11-9-15)24-31(2,28)29/h3-12,24H,1-2H3,(H,26,27). The van der Waals surface area contributed by atoms with Gasteiger partial charge in [0.1, 0.15) is 0 Å². The number of aromatic carboxylic acids is 1. The summed E-state index contributed by atoms with van der Waals surface area (Å²) in [6.45, 7) is 1.94. The third kappa shape index (κ3) is 4.35. The summed E-state index contributed by atoms with van der Waals surface area (Å²) >= 11 is 1.18. The molecule has 0 bridgehead atoms. The third-order valence-corrected chi connectivity index (χ3v) is 5.95. The van der Waals surface area contributed by atoms with Crippen LogP contribution in [0.1, 0.15) is 16.1 Å². The minimum atomic E-state index is -3.38. The molecule has 2 aromatic carbocycles. The zero-order valence-corrected chi connectivity index (χ0v) is 18.2. The number of thiazole rings is 1. The molecule has 2 N–H and O–H groups in total. The van der Waals surface area contributed by atoms with Crippen LogP contribution in [0.4, 0.5) is 5.69 Å². The number of sulfonamides is 1. The van der Waals surface area contributed by atoms with Gasteiger partial charge in [-0.05, 0) is 19.1 Å². The van der Waals surface area contributed by atoms with Crippen LogP contribution in [0, 0.1) is 6.92 Å². The number of anilines is 1. The van der Waals surface area contributed by atoms with E-state index in [4.69, 9.17) is 5.10 Å². The minimum Gasteiger partial charge on any atom is -0.476 e. The Kier molecular flexibility index (Phi) is 5.34. The van der Waals surface area contributed by atoms with Crippen LogP contribution in [0.3, 0.4) is 0 Å². The van der Waals surface area contributed by atoms with E-state index in [0.717, 1.165) is 34.3 Å². The highest BCUT2D eigenvalue weighted by Crippen LogP contribution is 2.34. The Balaban J connectivity index is 1.87. The lowest BCUT2D eigenvalue weighted by Crippen LogP contribution is -2.09. The molecule has 31 heavy (non-hydrogen) atoms. The summed E-state index contributed by atoms with van der Waals surface area (Å²) in [6, 6.07) is 16.6. The van der Waals surface area contributed by atoms with E-state index >= 15 is 0 Å². The van der Waals surface area contributed by atoms with Gasteiger partial charge in [-0.15, -0.1) is 11.3 Å². The van der Waals surface area contributed by atoms with Crippen molar-refractivity contribution in [1.29, 1.82) is 0 Å². The quantitative estimate of drug-likeness (QED) is 0.454. The number of aromatic nitrogens is 3. The predicted molar refractivity (Wildman–Crippen MR) is 120 cm³/mol. The van der Waals surface area contributed by atoms with E-state index in [1.54, 1.807) is 28.9 Å². The van der Waals surface area contributed by atoms with Gasteiger partial charge < -0.3 is 5.11 Å². The predicted octanol–water partition coefficient (Wildman–Crippen LogP) is 4.04. The maximum Gasteiger partial charge on any atom is 0.355 e. The highest BCUT2D eigenvalue weighted by molar-refractivity contribution is 7.92. The number of rotatable bonds is 6. The first-order valence-electron chi connectivity index (χ1n) is 9.15. The van der Waals surface area contributed by atoms with Crippen LogP contribution in [-0.2, 0) is 10.0 Å². The monoisotopic (exact) mass is 454 g/mol. The normalized spacial score (nSPS) is 11.4. The van der Waals surface area contributed by atoms with Crippen LogP contribution in [0.5, 0.6) is 0 Å². The van der Waals surface area contributed by atoms with E-state index in [-0.39, 0.29) is 5.69 Å². The van der Waals surface area contributed by atoms with Gasteiger partial charge in [-0.3, -0.25) is 4.72 Å². The highest BCUT2D eigenvalue weighted by Gasteiger charge is 2.21. The Morgan fingerprint density at radius 2 is 1.74 bits per heavy atom. The van der Waals surface area contributed by atoms with Gasteiger partial charge in [0.05, 0.1) is 17.6 Å². The van der Waals surface area contributed by atoms with E-state index < -0.39 is 16.0 Å². The number of benzene rings is 2. The average molecular weight is 455 g/mol. The van der Waals surface area contributed by atoms with Gasteiger partial charge in [-0.1, -0.05) is 42.5 Å². The topological polar surface area (TPSA) is 114 Å². The van der Waals surface area contributed by atoms with Gasteiger partial charge in [0.25, 0.3) is 0 Å². The van der Waals surface area contributed by atoms with Crippen molar-refractivity contribution in [3.05, 3.63) is 71.2 Å². The molecule has 0 atom stereocenters. The van der Waals surface area contributed by atoms with Crippen molar-refractivity contribution in [3.8, 4) is 27.6 Å². The molecule has 8 nitrogen and oxygen atoms in total. The number of carbonyl (C=O) groups is 1. The van der Waals surface area contributed by atoms with Gasteiger partial charge in [0, 0.05) is 27.8 Å². The fourth-order valence-corrected chi connectivity index (χ4v) is 4.53. The largest absolute Gasteiger partial charge is 0.476 e. The van der Waals surface area contributed by atoms with Gasteiger partial charge in [0.2, 0.25) is 15.2 Å². The average Bonchev–Trinajstić information content (AvgIpc) is 3.33. The number of hydrogen-bond donors (Lipinski definition) is 2. The smallest absolute Gasteiger partial charge is 0.355 e. The van der Waals surface area contributed by atoms with Gasteiger partial charge >= 0.3 is 5.97 Å². The summed E-state index contributed by atoms with van der Waals surface area (Å²) < 4.78 is 27.0. The number of hydrogen-bond acceptors (Lipinski definition) is 6. The third-order valence-electron chi connectivity index (χ3n) is 4.52. The van der Waals surface area contributed by atoms with E-state index in [0.29, 0.717) is 10.8 Å². The van der Waals surface area contributed by atoms with Crippen LogP contribution < -0.4 is 4.72 Å². The maximum absolute atomic E-state index is 11.5. The fraction of sp³-hybridized carbons (Fsp3) is 0.0952. The van der Waals surface area contributed by atoms with E-state index in [2.05, 4.69) is 9.71 Å². The van der Waals surface area contributed by atoms with Gasteiger partial charge in [-0.2, -0.15) is 5.10 Å². The van der Waals surface area contributed by atoms with Gasteiger partial charge in [0.15, 0.2) is 5.69 Å². The van der Waals surface area contributed by atoms with Crippen LogP contribution in [0.25, 0.3) is 27.6 Å². The van der Waals surface area contributed by atoms with E-state index in [9.17, 15) is 18.3 Å². The lowest BCUT2D eigenvalue weighted by atomic mass is 10.0. The lowest BCUT2D eigenvalue weighted by molar-refractivity contribution is 0.0691. The summed E-state index contributed by atoms with van der Waals surface area (Å²) in [6.07, 6.45) is 1.09. The molecular formula is C21H18N4O4S2. The molecule has 0 fully saturated rings. The second-order valence-electron chi connectivity index (χ2n) is 6.87. The molecule has 0 saturated carbocycles. The zero-order chi connectivity index (χ0) is 22.2. The molecule has 2 aromatic heterocycles. The van der Waals surface area contributed by atoms with Crippen molar-refractivity contribution < 1.29 is 18.3 Å². The van der Waals surface area contributed by atoms with Crippen molar-refractivity contribution >= 4 is 33.0 Å². The number of carboxylic acids is 1. The van der Waals surface area contributed by atoms with Gasteiger partial charge in [-0.25, -0.2) is 22.9 Å². The van der Waals surface area contributed by atoms with Crippen LogP contribution >= 0.6 is 11.3 Å².